The van der Waals surface area contributed by atoms with Crippen molar-refractivity contribution in [3.63, 3.8) is 0 Å². The van der Waals surface area contributed by atoms with Gasteiger partial charge in [-0.3, -0.25) is 4.21 Å². The molecule has 19 heavy (non-hydrogen) atoms. The third kappa shape index (κ3) is 4.66. The molecule has 6 nitrogen and oxygen atoms in total. The van der Waals surface area contributed by atoms with Crippen LogP contribution in [0.15, 0.2) is 18.2 Å². The number of hydrogen-bond donors (Lipinski definition) is 3. The average molecular weight is 288 g/mol. The second-order valence-corrected chi connectivity index (χ2v) is 5.18. The fourth-order valence-electron chi connectivity index (χ4n) is 1.32. The number of halogens is 1. The summed E-state index contributed by atoms with van der Waals surface area (Å²) in [5.74, 6) is -2.12. The highest BCUT2D eigenvalue weighted by atomic mass is 32.2. The number of rotatable bonds is 5. The van der Waals surface area contributed by atoms with Gasteiger partial charge in [-0.1, -0.05) is 6.07 Å². The Morgan fingerprint density at radius 3 is 2.68 bits per heavy atom. The molecular weight excluding hydrogens is 275 g/mol. The lowest BCUT2D eigenvalue weighted by Crippen LogP contribution is -2.32. The topological polar surface area (TPSA) is 95.5 Å². The highest BCUT2D eigenvalue weighted by Gasteiger charge is 2.16. The fraction of sp³-hybridized carbons (Fsp3) is 0.273. The Morgan fingerprint density at radius 1 is 1.42 bits per heavy atom. The number of carboxylic acid groups (broad SMARTS) is 1. The summed E-state index contributed by atoms with van der Waals surface area (Å²) in [5, 5.41) is 13.5. The SMILES string of the molecule is CS(=O)CCNC(=O)Nc1cccc(F)c1C(=O)O. The van der Waals surface area contributed by atoms with Gasteiger partial charge in [-0.05, 0) is 12.1 Å². The van der Waals surface area contributed by atoms with E-state index in [9.17, 15) is 18.2 Å². The second-order valence-electron chi connectivity index (χ2n) is 3.63. The van der Waals surface area contributed by atoms with Crippen LogP contribution < -0.4 is 10.6 Å². The number of nitrogens with one attached hydrogen (secondary N) is 2. The van der Waals surface area contributed by atoms with Crippen LogP contribution in [0.2, 0.25) is 0 Å². The molecule has 1 aromatic rings. The van der Waals surface area contributed by atoms with Crippen LogP contribution in [0.3, 0.4) is 0 Å². The number of benzene rings is 1. The summed E-state index contributed by atoms with van der Waals surface area (Å²) < 4.78 is 24.1. The molecule has 2 amide bonds. The normalized spacial score (nSPS) is 11.7. The Bertz CT molecular complexity index is 521. The first-order chi connectivity index (χ1) is 8.91. The van der Waals surface area contributed by atoms with Crippen molar-refractivity contribution in [3.8, 4) is 0 Å². The molecule has 0 aromatic heterocycles. The van der Waals surface area contributed by atoms with Crippen LogP contribution >= 0.6 is 0 Å². The lowest BCUT2D eigenvalue weighted by molar-refractivity contribution is 0.0693. The van der Waals surface area contributed by atoms with Gasteiger partial charge in [-0.15, -0.1) is 0 Å². The van der Waals surface area contributed by atoms with E-state index >= 15 is 0 Å². The summed E-state index contributed by atoms with van der Waals surface area (Å²) in [5.41, 5.74) is -0.737. The monoisotopic (exact) mass is 288 g/mol. The van der Waals surface area contributed by atoms with Crippen molar-refractivity contribution in [2.24, 2.45) is 0 Å². The van der Waals surface area contributed by atoms with E-state index in [1.807, 2.05) is 0 Å². The van der Waals surface area contributed by atoms with Gasteiger partial charge in [0.2, 0.25) is 0 Å². The molecule has 0 aliphatic carbocycles. The van der Waals surface area contributed by atoms with Crippen LogP contribution in [0.4, 0.5) is 14.9 Å². The zero-order chi connectivity index (χ0) is 14.4. The second kappa shape index (κ2) is 6.83. The molecule has 0 heterocycles. The summed E-state index contributed by atoms with van der Waals surface area (Å²) in [6, 6.07) is 2.88. The smallest absolute Gasteiger partial charge is 0.340 e. The predicted molar refractivity (Wildman–Crippen MR) is 69.3 cm³/mol. The van der Waals surface area contributed by atoms with E-state index in [0.717, 1.165) is 6.07 Å². The number of carbonyl (C=O) groups is 2. The maximum absolute atomic E-state index is 13.3. The molecule has 0 saturated carbocycles. The molecule has 0 aliphatic heterocycles. The van der Waals surface area contributed by atoms with Gasteiger partial charge in [0, 0.05) is 29.4 Å². The number of carboxylic acids is 1. The Morgan fingerprint density at radius 2 is 2.11 bits per heavy atom. The largest absolute Gasteiger partial charge is 0.478 e. The quantitative estimate of drug-likeness (QED) is 0.754. The van der Waals surface area contributed by atoms with Gasteiger partial charge in [0.1, 0.15) is 11.4 Å². The van der Waals surface area contributed by atoms with E-state index in [-0.39, 0.29) is 18.0 Å². The van der Waals surface area contributed by atoms with Crippen LogP contribution in [-0.2, 0) is 10.8 Å². The minimum absolute atomic E-state index is 0.136. The van der Waals surface area contributed by atoms with Gasteiger partial charge in [-0.25, -0.2) is 14.0 Å². The minimum Gasteiger partial charge on any atom is -0.478 e. The van der Waals surface area contributed by atoms with E-state index < -0.39 is 34.2 Å². The zero-order valence-corrected chi connectivity index (χ0v) is 10.9. The number of aromatic carboxylic acids is 1. The number of hydrogen-bond acceptors (Lipinski definition) is 3. The van der Waals surface area contributed by atoms with E-state index in [1.54, 1.807) is 0 Å². The van der Waals surface area contributed by atoms with E-state index in [4.69, 9.17) is 5.11 Å². The lowest BCUT2D eigenvalue weighted by atomic mass is 10.1. The molecule has 0 saturated heterocycles. The Labute approximate surface area is 111 Å². The molecule has 0 bridgehead atoms. The van der Waals surface area contributed by atoms with Crippen molar-refractivity contribution in [1.29, 1.82) is 0 Å². The fourth-order valence-corrected chi connectivity index (χ4v) is 1.71. The van der Waals surface area contributed by atoms with Gasteiger partial charge in [0.25, 0.3) is 0 Å². The Kier molecular flexibility index (Phi) is 5.43. The number of amides is 2. The van der Waals surface area contributed by atoms with E-state index in [0.29, 0.717) is 0 Å². The molecule has 1 aromatic carbocycles. The lowest BCUT2D eigenvalue weighted by Gasteiger charge is -2.09. The Hall–Kier alpha value is -1.96. The molecule has 0 aliphatic rings. The van der Waals surface area contributed by atoms with E-state index in [1.165, 1.54) is 18.4 Å². The van der Waals surface area contributed by atoms with Crippen molar-refractivity contribution >= 4 is 28.5 Å². The minimum atomic E-state index is -1.47. The van der Waals surface area contributed by atoms with Gasteiger partial charge in [-0.2, -0.15) is 0 Å². The van der Waals surface area contributed by atoms with Crippen LogP contribution in [0.1, 0.15) is 10.4 Å². The van der Waals surface area contributed by atoms with Crippen LogP contribution in [0, 0.1) is 5.82 Å². The number of urea groups is 1. The predicted octanol–water partition coefficient (Wildman–Crippen LogP) is 1.02. The van der Waals surface area contributed by atoms with E-state index in [2.05, 4.69) is 10.6 Å². The summed E-state index contributed by atoms with van der Waals surface area (Å²) in [6.45, 7) is 0.173. The first-order valence-corrected chi connectivity index (χ1v) is 7.01. The maximum Gasteiger partial charge on any atom is 0.340 e. The van der Waals surface area contributed by atoms with Crippen molar-refractivity contribution in [1.82, 2.24) is 5.32 Å². The highest BCUT2D eigenvalue weighted by Crippen LogP contribution is 2.18. The maximum atomic E-state index is 13.3. The molecule has 1 atom stereocenters. The molecule has 1 rings (SSSR count). The average Bonchev–Trinajstić information content (AvgIpc) is 2.27. The molecule has 104 valence electrons. The van der Waals surface area contributed by atoms with Crippen LogP contribution in [0.25, 0.3) is 0 Å². The van der Waals surface area contributed by atoms with Crippen molar-refractivity contribution in [2.75, 3.05) is 23.9 Å². The van der Waals surface area contributed by atoms with Crippen molar-refractivity contribution in [3.05, 3.63) is 29.6 Å². The summed E-state index contributed by atoms with van der Waals surface area (Å²) in [7, 11) is -1.04. The molecule has 8 heteroatoms. The third-order valence-corrected chi connectivity index (χ3v) is 2.93. The Balaban J connectivity index is 2.72. The van der Waals surface area contributed by atoms with Gasteiger partial charge < -0.3 is 15.7 Å². The van der Waals surface area contributed by atoms with Gasteiger partial charge in [0.15, 0.2) is 0 Å². The highest BCUT2D eigenvalue weighted by molar-refractivity contribution is 7.84. The first kappa shape index (κ1) is 15.1. The molecule has 0 radical (unpaired) electrons. The number of anilines is 1. The molecule has 0 fully saturated rings. The first-order valence-electron chi connectivity index (χ1n) is 5.28. The molecule has 3 N–H and O–H groups in total. The zero-order valence-electron chi connectivity index (χ0n) is 10.1. The van der Waals surface area contributed by atoms with Crippen molar-refractivity contribution in [2.45, 2.75) is 0 Å². The summed E-state index contributed by atoms with van der Waals surface area (Å²) >= 11 is 0. The van der Waals surface area contributed by atoms with Crippen LogP contribution in [0.5, 0.6) is 0 Å². The standard InChI is InChI=1S/C11H13FN2O4S/c1-19(18)6-5-13-11(17)14-8-4-2-3-7(12)9(8)10(15)16/h2-4H,5-6H2,1H3,(H,15,16)(H2,13,14,17). The van der Waals surface area contributed by atoms with Crippen molar-refractivity contribution < 1.29 is 23.3 Å². The molecular formula is C11H13FN2O4S. The number of carbonyl (C=O) groups excluding carboxylic acids is 1. The van der Waals surface area contributed by atoms with Crippen LogP contribution in [-0.4, -0.2) is 39.9 Å². The summed E-state index contributed by atoms with van der Waals surface area (Å²) in [6.07, 6.45) is 1.49. The molecule has 1 unspecified atom stereocenters. The summed E-state index contributed by atoms with van der Waals surface area (Å²) in [4.78, 5) is 22.3. The van der Waals surface area contributed by atoms with Gasteiger partial charge in [0.05, 0.1) is 5.69 Å². The molecule has 0 spiro atoms. The van der Waals surface area contributed by atoms with Gasteiger partial charge >= 0.3 is 12.0 Å². The third-order valence-electron chi connectivity index (χ3n) is 2.15.